The molecule has 0 aromatic heterocycles. The van der Waals surface area contributed by atoms with Crippen LogP contribution in [0.2, 0.25) is 0 Å². The minimum Gasteiger partial charge on any atom is -0.356 e. The van der Waals surface area contributed by atoms with Crippen molar-refractivity contribution in [3.05, 3.63) is 77.9 Å². The number of sulfone groups is 1. The van der Waals surface area contributed by atoms with Crippen molar-refractivity contribution in [3.63, 3.8) is 0 Å². The van der Waals surface area contributed by atoms with E-state index in [1.807, 2.05) is 54.6 Å². The van der Waals surface area contributed by atoms with Gasteiger partial charge in [0.2, 0.25) is 5.91 Å². The van der Waals surface area contributed by atoms with Gasteiger partial charge in [0, 0.05) is 13.5 Å². The van der Waals surface area contributed by atoms with Crippen LogP contribution in [0.5, 0.6) is 0 Å². The highest BCUT2D eigenvalue weighted by Gasteiger charge is 2.16. The molecule has 0 atom stereocenters. The molecule has 3 rings (SSSR count). The maximum atomic E-state index is 12.8. The zero-order chi connectivity index (χ0) is 18.6. The van der Waals surface area contributed by atoms with Crippen LogP contribution in [0.1, 0.15) is 18.1 Å². The van der Waals surface area contributed by atoms with E-state index in [2.05, 4.69) is 5.32 Å². The summed E-state index contributed by atoms with van der Waals surface area (Å²) >= 11 is 0. The van der Waals surface area contributed by atoms with E-state index in [0.29, 0.717) is 17.9 Å². The van der Waals surface area contributed by atoms with Gasteiger partial charge in [-0.05, 0) is 40.5 Å². The van der Waals surface area contributed by atoms with Crippen LogP contribution in [-0.2, 0) is 26.8 Å². The molecule has 0 saturated heterocycles. The fourth-order valence-corrected chi connectivity index (χ4v) is 4.35. The van der Waals surface area contributed by atoms with Crippen LogP contribution in [0.15, 0.2) is 71.6 Å². The first-order chi connectivity index (χ1) is 12.5. The Balaban J connectivity index is 1.93. The maximum Gasteiger partial charge on any atom is 0.216 e. The number of hydrogen-bond donors (Lipinski definition) is 1. The van der Waals surface area contributed by atoms with Crippen molar-refractivity contribution in [2.45, 2.75) is 24.0 Å². The molecule has 0 unspecified atom stereocenters. The molecule has 0 fully saturated rings. The van der Waals surface area contributed by atoms with Gasteiger partial charge in [-0.1, -0.05) is 54.6 Å². The van der Waals surface area contributed by atoms with Crippen molar-refractivity contribution in [1.82, 2.24) is 5.32 Å². The molecule has 0 aliphatic carbocycles. The maximum absolute atomic E-state index is 12.8. The van der Waals surface area contributed by atoms with Crippen LogP contribution < -0.4 is 5.32 Å². The van der Waals surface area contributed by atoms with Crippen molar-refractivity contribution in [1.29, 1.82) is 0 Å². The van der Waals surface area contributed by atoms with Crippen molar-refractivity contribution in [3.8, 4) is 0 Å². The molecule has 4 nitrogen and oxygen atoms in total. The van der Waals surface area contributed by atoms with Crippen LogP contribution in [0.25, 0.3) is 10.8 Å². The predicted octanol–water partition coefficient (Wildman–Crippen LogP) is 3.49. The molecule has 1 N–H and O–H groups in total. The largest absolute Gasteiger partial charge is 0.356 e. The van der Waals surface area contributed by atoms with Gasteiger partial charge >= 0.3 is 0 Å². The molecule has 5 heteroatoms. The number of nitrogens with one attached hydrogen (secondary N) is 1. The summed E-state index contributed by atoms with van der Waals surface area (Å²) in [5.41, 5.74) is 1.79. The number of benzene rings is 3. The van der Waals surface area contributed by atoms with E-state index in [0.717, 1.165) is 21.9 Å². The van der Waals surface area contributed by atoms with Crippen molar-refractivity contribution in [2.75, 3.05) is 6.54 Å². The average Bonchev–Trinajstić information content (AvgIpc) is 2.61. The Morgan fingerprint density at radius 3 is 2.46 bits per heavy atom. The minimum atomic E-state index is -3.43. The van der Waals surface area contributed by atoms with Gasteiger partial charge in [0.1, 0.15) is 0 Å². The zero-order valence-corrected chi connectivity index (χ0v) is 15.4. The molecule has 3 aromatic rings. The van der Waals surface area contributed by atoms with Gasteiger partial charge in [-0.3, -0.25) is 4.79 Å². The van der Waals surface area contributed by atoms with Gasteiger partial charge in [-0.25, -0.2) is 8.42 Å². The third kappa shape index (κ3) is 4.29. The van der Waals surface area contributed by atoms with Crippen LogP contribution >= 0.6 is 0 Å². The highest BCUT2D eigenvalue weighted by Crippen LogP contribution is 2.25. The fraction of sp³-hybridized carbons (Fsp3) is 0.190. The third-order valence-electron chi connectivity index (χ3n) is 4.27. The van der Waals surface area contributed by atoms with Crippen molar-refractivity contribution >= 4 is 26.5 Å². The number of rotatable bonds is 6. The van der Waals surface area contributed by atoms with E-state index in [1.165, 1.54) is 6.92 Å². The topological polar surface area (TPSA) is 63.2 Å². The first-order valence-corrected chi connectivity index (χ1v) is 10.1. The first kappa shape index (κ1) is 18.1. The molecule has 3 aromatic carbocycles. The van der Waals surface area contributed by atoms with E-state index in [4.69, 9.17) is 0 Å². The molecule has 0 radical (unpaired) electrons. The molecule has 0 saturated carbocycles. The van der Waals surface area contributed by atoms with Gasteiger partial charge in [0.25, 0.3) is 0 Å². The number of carbonyl (C=O) groups is 1. The Morgan fingerprint density at radius 1 is 0.962 bits per heavy atom. The monoisotopic (exact) mass is 367 g/mol. The standard InChI is InChI=1S/C21H21NO3S/c1-16(23)22-13-12-19-9-5-8-18-10-11-20(14-21(18)19)26(24,25)15-17-6-3-2-4-7-17/h2-11,14H,12-13,15H2,1H3,(H,22,23). The van der Waals surface area contributed by atoms with Gasteiger partial charge in [-0.2, -0.15) is 0 Å². The van der Waals surface area contributed by atoms with Gasteiger partial charge in [-0.15, -0.1) is 0 Å². The highest BCUT2D eigenvalue weighted by molar-refractivity contribution is 7.90. The molecular weight excluding hydrogens is 346 g/mol. The lowest BCUT2D eigenvalue weighted by Crippen LogP contribution is -2.22. The summed E-state index contributed by atoms with van der Waals surface area (Å²) in [6.07, 6.45) is 0.652. The Labute approximate surface area is 153 Å². The van der Waals surface area contributed by atoms with E-state index in [9.17, 15) is 13.2 Å². The van der Waals surface area contributed by atoms with Gasteiger partial charge < -0.3 is 5.32 Å². The summed E-state index contributed by atoms with van der Waals surface area (Å²) in [5.74, 6) is -0.0932. The average molecular weight is 367 g/mol. The number of fused-ring (bicyclic) bond motifs is 1. The SMILES string of the molecule is CC(=O)NCCc1cccc2ccc(S(=O)(=O)Cc3ccccc3)cc12. The summed E-state index contributed by atoms with van der Waals surface area (Å²) in [7, 11) is -3.43. The molecule has 1 amide bonds. The van der Waals surface area contributed by atoms with Gasteiger partial charge in [0.05, 0.1) is 10.6 Å². The Kier molecular flexibility index (Phi) is 5.38. The van der Waals surface area contributed by atoms with Crippen LogP contribution in [0.3, 0.4) is 0 Å². The summed E-state index contributed by atoms with van der Waals surface area (Å²) in [6, 6.07) is 20.3. The van der Waals surface area contributed by atoms with E-state index >= 15 is 0 Å². The molecule has 0 heterocycles. The van der Waals surface area contributed by atoms with E-state index in [1.54, 1.807) is 12.1 Å². The lowest BCUT2D eigenvalue weighted by atomic mass is 10.0. The second kappa shape index (κ2) is 7.70. The second-order valence-electron chi connectivity index (χ2n) is 6.28. The molecule has 0 aliphatic rings. The summed E-state index contributed by atoms with van der Waals surface area (Å²) in [4.78, 5) is 11.4. The number of amides is 1. The summed E-state index contributed by atoms with van der Waals surface area (Å²) in [5, 5.41) is 4.68. The van der Waals surface area contributed by atoms with Crippen LogP contribution in [0.4, 0.5) is 0 Å². The number of hydrogen-bond acceptors (Lipinski definition) is 3. The molecular formula is C21H21NO3S. The van der Waals surface area contributed by atoms with Gasteiger partial charge in [0.15, 0.2) is 9.84 Å². The molecule has 134 valence electrons. The van der Waals surface area contributed by atoms with Crippen molar-refractivity contribution < 1.29 is 13.2 Å². The summed E-state index contributed by atoms with van der Waals surface area (Å²) in [6.45, 7) is 2.01. The minimum absolute atomic E-state index is 0.0204. The molecule has 26 heavy (non-hydrogen) atoms. The Hall–Kier alpha value is -2.66. The fourth-order valence-electron chi connectivity index (χ4n) is 2.98. The number of carbonyl (C=O) groups excluding carboxylic acids is 1. The normalized spacial score (nSPS) is 11.4. The van der Waals surface area contributed by atoms with Crippen molar-refractivity contribution in [2.24, 2.45) is 0 Å². The predicted molar refractivity (Wildman–Crippen MR) is 104 cm³/mol. The second-order valence-corrected chi connectivity index (χ2v) is 8.27. The lowest BCUT2D eigenvalue weighted by molar-refractivity contribution is -0.118. The molecule has 0 spiro atoms. The molecule has 0 aliphatic heterocycles. The Bertz CT molecular complexity index is 1030. The first-order valence-electron chi connectivity index (χ1n) is 8.48. The van der Waals surface area contributed by atoms with Crippen LogP contribution in [0, 0.1) is 0 Å². The van der Waals surface area contributed by atoms with Crippen LogP contribution in [-0.4, -0.2) is 20.9 Å². The Morgan fingerprint density at radius 2 is 1.73 bits per heavy atom. The van der Waals surface area contributed by atoms with E-state index in [-0.39, 0.29) is 11.7 Å². The zero-order valence-electron chi connectivity index (χ0n) is 14.6. The highest BCUT2D eigenvalue weighted by atomic mass is 32.2. The van der Waals surface area contributed by atoms with E-state index < -0.39 is 9.84 Å². The third-order valence-corrected chi connectivity index (χ3v) is 5.96. The molecule has 0 bridgehead atoms. The smallest absolute Gasteiger partial charge is 0.216 e. The lowest BCUT2D eigenvalue weighted by Gasteiger charge is -2.10. The quantitative estimate of drug-likeness (QED) is 0.725. The summed E-state index contributed by atoms with van der Waals surface area (Å²) < 4.78 is 25.6.